The molecule has 0 radical (unpaired) electrons. The molecule has 0 saturated carbocycles. The summed E-state index contributed by atoms with van der Waals surface area (Å²) in [5.41, 5.74) is 4.14. The van der Waals surface area contributed by atoms with E-state index in [4.69, 9.17) is 9.47 Å². The van der Waals surface area contributed by atoms with Gasteiger partial charge >= 0.3 is 0 Å². The molecule has 3 heterocycles. The van der Waals surface area contributed by atoms with Crippen LogP contribution in [0.15, 0.2) is 131 Å². The number of ether oxygens (including phenoxy) is 2. The highest BCUT2D eigenvalue weighted by Gasteiger charge is 2.49. The van der Waals surface area contributed by atoms with E-state index in [0.29, 0.717) is 0 Å². The van der Waals surface area contributed by atoms with E-state index in [1.165, 1.54) is 0 Å². The van der Waals surface area contributed by atoms with Gasteiger partial charge in [0.25, 0.3) is 0 Å². The minimum absolute atomic E-state index is 0.711. The zero-order valence-corrected chi connectivity index (χ0v) is 20.3. The first-order valence-electron chi connectivity index (χ1n) is 11.5. The van der Waals surface area contributed by atoms with Gasteiger partial charge in [-0.25, -0.2) is 0 Å². The van der Waals surface area contributed by atoms with Gasteiger partial charge in [0.1, 0.15) is 11.5 Å². The van der Waals surface area contributed by atoms with Crippen LogP contribution in [-0.2, 0) is 9.87 Å². The maximum Gasteiger partial charge on any atom is 0.225 e. The van der Waals surface area contributed by atoms with Crippen molar-refractivity contribution in [3.05, 3.63) is 144 Å². The Morgan fingerprint density at radius 3 is 1.29 bits per heavy atom. The zero-order valence-electron chi connectivity index (χ0n) is 18.7. The Hall–Kier alpha value is -3.54. The van der Waals surface area contributed by atoms with Gasteiger partial charge in [-0.15, -0.1) is 0 Å². The van der Waals surface area contributed by atoms with Crippen molar-refractivity contribution < 1.29 is 9.47 Å². The van der Waals surface area contributed by atoms with Crippen LogP contribution in [-0.4, -0.2) is 4.98 Å². The number of H-pyrrole nitrogens is 1. The quantitative estimate of drug-likeness (QED) is 0.278. The van der Waals surface area contributed by atoms with Crippen LogP contribution in [0.3, 0.4) is 0 Å². The molecule has 0 saturated heterocycles. The highest BCUT2D eigenvalue weighted by atomic mass is 32.2. The molecule has 0 bridgehead atoms. The lowest BCUT2D eigenvalue weighted by atomic mass is 10.1. The number of rotatable bonds is 4. The molecule has 0 spiro atoms. The smallest absolute Gasteiger partial charge is 0.225 e. The number of aromatic nitrogens is 1. The highest BCUT2D eigenvalue weighted by molar-refractivity contribution is 8.01. The molecule has 4 aromatic carbocycles. The number of nitrogens with one attached hydrogen (secondary N) is 1. The van der Waals surface area contributed by atoms with Crippen LogP contribution in [0, 0.1) is 0 Å². The highest BCUT2D eigenvalue weighted by Crippen LogP contribution is 2.58. The SMILES string of the molecule is c1ccc([C@]2(c3ccc([C@@]4(c5ccccc5)Oc5ccccc5S4)[nH]3)Oc3ccccc3S2)cc1. The van der Waals surface area contributed by atoms with Crippen LogP contribution in [0.2, 0.25) is 0 Å². The standard InChI is InChI=1S/C30H21NO2S2/c1-3-11-21(12-4-1)29(32-23-15-7-9-17-25(23)34-29)27-19-20-28(31-27)30(22-13-5-2-6-14-22)33-24-16-8-10-18-26(24)35-30/h1-20,31H/t29-,30-/m0/s1. The lowest BCUT2D eigenvalue weighted by molar-refractivity contribution is 0.204. The van der Waals surface area contributed by atoms with Crippen molar-refractivity contribution in [1.29, 1.82) is 0 Å². The van der Waals surface area contributed by atoms with E-state index >= 15 is 0 Å². The van der Waals surface area contributed by atoms with Gasteiger partial charge < -0.3 is 14.5 Å². The predicted octanol–water partition coefficient (Wildman–Crippen LogP) is 7.79. The Morgan fingerprint density at radius 1 is 0.457 bits per heavy atom. The number of benzene rings is 4. The van der Waals surface area contributed by atoms with Gasteiger partial charge in [-0.1, -0.05) is 108 Å². The molecule has 3 nitrogen and oxygen atoms in total. The lowest BCUT2D eigenvalue weighted by Gasteiger charge is -2.29. The molecule has 5 heteroatoms. The van der Waals surface area contributed by atoms with E-state index in [1.807, 2.05) is 36.4 Å². The number of hydrogen-bond acceptors (Lipinski definition) is 4. The third-order valence-electron chi connectivity index (χ3n) is 6.42. The monoisotopic (exact) mass is 491 g/mol. The molecule has 0 aliphatic carbocycles. The normalized spacial score (nSPS) is 22.2. The second-order valence-electron chi connectivity index (χ2n) is 8.55. The third-order valence-corrected chi connectivity index (χ3v) is 9.18. The average Bonchev–Trinajstić information content (AvgIpc) is 3.66. The van der Waals surface area contributed by atoms with Gasteiger partial charge in [0.15, 0.2) is 0 Å². The van der Waals surface area contributed by atoms with Gasteiger partial charge in [-0.05, 0) is 36.4 Å². The lowest BCUT2D eigenvalue weighted by Crippen LogP contribution is -2.30. The molecule has 7 rings (SSSR count). The molecule has 1 N–H and O–H groups in total. The van der Waals surface area contributed by atoms with Crippen molar-refractivity contribution in [2.45, 2.75) is 19.7 Å². The van der Waals surface area contributed by atoms with Crippen molar-refractivity contribution >= 4 is 23.5 Å². The first-order chi connectivity index (χ1) is 17.3. The third kappa shape index (κ3) is 3.23. The molecule has 2 atom stereocenters. The van der Waals surface area contributed by atoms with Crippen LogP contribution < -0.4 is 9.47 Å². The largest absolute Gasteiger partial charge is 0.465 e. The van der Waals surface area contributed by atoms with Gasteiger partial charge in [-0.3, -0.25) is 0 Å². The fourth-order valence-corrected chi connectivity index (χ4v) is 7.32. The molecule has 0 unspecified atom stereocenters. The molecule has 2 aliphatic heterocycles. The van der Waals surface area contributed by atoms with Gasteiger partial charge in [0.05, 0.1) is 21.2 Å². The number of thioether (sulfide) groups is 2. The number of hydrogen-bond donors (Lipinski definition) is 1. The molecule has 170 valence electrons. The summed E-state index contributed by atoms with van der Waals surface area (Å²) in [6, 6.07) is 41.6. The fourth-order valence-electron chi connectivity index (χ4n) is 4.76. The van der Waals surface area contributed by atoms with Crippen molar-refractivity contribution in [3.8, 4) is 11.5 Å². The minimum atomic E-state index is -0.711. The fraction of sp³-hybridized carbons (Fsp3) is 0.0667. The van der Waals surface area contributed by atoms with Crippen molar-refractivity contribution in [2.24, 2.45) is 0 Å². The first-order valence-corrected chi connectivity index (χ1v) is 13.2. The summed E-state index contributed by atoms with van der Waals surface area (Å²) in [4.78, 5) is 4.59. The van der Waals surface area contributed by atoms with Gasteiger partial charge in [0.2, 0.25) is 9.87 Å². The van der Waals surface area contributed by atoms with Crippen LogP contribution in [0.4, 0.5) is 0 Å². The molecule has 1 aromatic heterocycles. The summed E-state index contributed by atoms with van der Waals surface area (Å²) in [6.45, 7) is 0. The van der Waals surface area contributed by atoms with Crippen LogP contribution in [0.5, 0.6) is 11.5 Å². The van der Waals surface area contributed by atoms with E-state index in [2.05, 4.69) is 89.9 Å². The number of para-hydroxylation sites is 2. The molecular formula is C30H21NO2S2. The molecule has 0 amide bonds. The number of fused-ring (bicyclic) bond motifs is 2. The van der Waals surface area contributed by atoms with Gasteiger partial charge in [0, 0.05) is 11.1 Å². The summed E-state index contributed by atoms with van der Waals surface area (Å²) < 4.78 is 13.5. The van der Waals surface area contributed by atoms with E-state index in [0.717, 1.165) is 43.8 Å². The Bertz CT molecular complexity index is 1350. The van der Waals surface area contributed by atoms with Crippen LogP contribution in [0.25, 0.3) is 0 Å². The first kappa shape index (κ1) is 20.8. The molecule has 5 aromatic rings. The summed E-state index contributed by atoms with van der Waals surface area (Å²) in [5, 5.41) is 0. The maximum absolute atomic E-state index is 6.73. The van der Waals surface area contributed by atoms with E-state index in [1.54, 1.807) is 23.5 Å². The van der Waals surface area contributed by atoms with E-state index < -0.39 is 9.87 Å². The Labute approximate surface area is 212 Å². The molecule has 35 heavy (non-hydrogen) atoms. The summed E-state index contributed by atoms with van der Waals surface area (Å²) in [6.07, 6.45) is 0. The maximum atomic E-state index is 6.73. The predicted molar refractivity (Wildman–Crippen MR) is 141 cm³/mol. The second kappa shape index (κ2) is 8.01. The van der Waals surface area contributed by atoms with Crippen LogP contribution >= 0.6 is 23.5 Å². The summed E-state index contributed by atoms with van der Waals surface area (Å²) in [7, 11) is 0. The average molecular weight is 492 g/mol. The Balaban J connectivity index is 1.38. The van der Waals surface area contributed by atoms with Crippen molar-refractivity contribution in [2.75, 3.05) is 0 Å². The molecular weight excluding hydrogens is 470 g/mol. The molecule has 2 aliphatic rings. The van der Waals surface area contributed by atoms with Crippen molar-refractivity contribution in [3.63, 3.8) is 0 Å². The topological polar surface area (TPSA) is 34.2 Å². The Kier molecular flexibility index (Phi) is 4.76. The van der Waals surface area contributed by atoms with E-state index in [9.17, 15) is 0 Å². The second-order valence-corrected chi connectivity index (χ2v) is 11.0. The van der Waals surface area contributed by atoms with Crippen LogP contribution in [0.1, 0.15) is 22.5 Å². The Morgan fingerprint density at radius 2 is 0.857 bits per heavy atom. The molecule has 0 fully saturated rings. The zero-order chi connectivity index (χ0) is 23.3. The van der Waals surface area contributed by atoms with E-state index in [-0.39, 0.29) is 0 Å². The summed E-state index contributed by atoms with van der Waals surface area (Å²) >= 11 is 3.45. The number of aromatic amines is 1. The minimum Gasteiger partial charge on any atom is -0.465 e. The van der Waals surface area contributed by atoms with Crippen molar-refractivity contribution in [1.82, 2.24) is 4.98 Å². The van der Waals surface area contributed by atoms with Gasteiger partial charge in [-0.2, -0.15) is 0 Å². The summed E-state index contributed by atoms with van der Waals surface area (Å²) in [5.74, 6) is 1.79.